The summed E-state index contributed by atoms with van der Waals surface area (Å²) < 4.78 is 5.74. The fourth-order valence-corrected chi connectivity index (χ4v) is 2.32. The molecule has 5 heteroatoms. The van der Waals surface area contributed by atoms with Crippen LogP contribution in [0.15, 0.2) is 54.6 Å². The van der Waals surface area contributed by atoms with Crippen LogP contribution in [-0.2, 0) is 6.54 Å². The lowest BCUT2D eigenvalue weighted by Gasteiger charge is -2.18. The first-order valence-electron chi connectivity index (χ1n) is 8.05. The molecule has 24 heavy (non-hydrogen) atoms. The Morgan fingerprint density at radius 3 is 2.42 bits per heavy atom. The van der Waals surface area contributed by atoms with Crippen LogP contribution in [0.2, 0.25) is 0 Å². The summed E-state index contributed by atoms with van der Waals surface area (Å²) >= 11 is 0. The summed E-state index contributed by atoms with van der Waals surface area (Å²) in [5, 5.41) is 15.1. The summed E-state index contributed by atoms with van der Waals surface area (Å²) in [6, 6.07) is 16.2. The zero-order valence-corrected chi connectivity index (χ0v) is 14.0. The number of ether oxygens (including phenoxy) is 1. The second kappa shape index (κ2) is 8.93. The maximum absolute atomic E-state index is 12.1. The average molecular weight is 328 g/mol. The summed E-state index contributed by atoms with van der Waals surface area (Å²) in [4.78, 5) is 12.1. The molecule has 5 nitrogen and oxygen atoms in total. The van der Waals surface area contributed by atoms with Gasteiger partial charge in [-0.05, 0) is 25.5 Å². The van der Waals surface area contributed by atoms with Crippen LogP contribution >= 0.6 is 0 Å². The van der Waals surface area contributed by atoms with Gasteiger partial charge in [-0.25, -0.2) is 4.79 Å². The Morgan fingerprint density at radius 1 is 1.08 bits per heavy atom. The number of para-hydroxylation sites is 1. The van der Waals surface area contributed by atoms with E-state index in [0.29, 0.717) is 6.54 Å². The van der Waals surface area contributed by atoms with Crippen molar-refractivity contribution in [2.45, 2.75) is 32.5 Å². The van der Waals surface area contributed by atoms with Crippen LogP contribution in [-0.4, -0.2) is 23.8 Å². The van der Waals surface area contributed by atoms with E-state index < -0.39 is 6.04 Å². The standard InChI is InChI=1S/C19H24N2O3/c1-14(2)24-18-11-7-6-10-16(18)12-20-19(23)21-17(13-22)15-8-4-3-5-9-15/h3-11,14,17,22H,12-13H2,1-2H3,(H2,20,21,23). The summed E-state index contributed by atoms with van der Waals surface area (Å²) in [7, 11) is 0. The molecule has 2 amide bonds. The highest BCUT2D eigenvalue weighted by molar-refractivity contribution is 5.74. The Kier molecular flexibility index (Phi) is 6.63. The second-order valence-corrected chi connectivity index (χ2v) is 5.75. The van der Waals surface area contributed by atoms with Crippen molar-refractivity contribution in [3.05, 3.63) is 65.7 Å². The molecule has 0 saturated heterocycles. The predicted molar refractivity (Wildman–Crippen MR) is 93.8 cm³/mol. The van der Waals surface area contributed by atoms with Crippen LogP contribution < -0.4 is 15.4 Å². The first kappa shape index (κ1) is 17.8. The van der Waals surface area contributed by atoms with E-state index >= 15 is 0 Å². The molecule has 1 atom stereocenters. The molecule has 0 fully saturated rings. The molecule has 0 heterocycles. The minimum Gasteiger partial charge on any atom is -0.491 e. The Morgan fingerprint density at radius 2 is 1.75 bits per heavy atom. The van der Waals surface area contributed by atoms with E-state index in [2.05, 4.69) is 10.6 Å². The van der Waals surface area contributed by atoms with Crippen molar-refractivity contribution in [2.75, 3.05) is 6.61 Å². The topological polar surface area (TPSA) is 70.6 Å². The van der Waals surface area contributed by atoms with Crippen LogP contribution in [0.5, 0.6) is 5.75 Å². The molecule has 0 aromatic heterocycles. The van der Waals surface area contributed by atoms with E-state index in [1.54, 1.807) is 0 Å². The number of amides is 2. The number of rotatable bonds is 7. The summed E-state index contributed by atoms with van der Waals surface area (Å²) in [5.74, 6) is 0.759. The van der Waals surface area contributed by atoms with Gasteiger partial charge in [0, 0.05) is 12.1 Å². The van der Waals surface area contributed by atoms with Gasteiger partial charge in [0.05, 0.1) is 18.8 Å². The van der Waals surface area contributed by atoms with E-state index in [9.17, 15) is 9.90 Å². The van der Waals surface area contributed by atoms with Gasteiger partial charge in [0.25, 0.3) is 0 Å². The number of hydrogen-bond donors (Lipinski definition) is 3. The molecule has 0 saturated carbocycles. The molecule has 0 spiro atoms. The Hall–Kier alpha value is -2.53. The van der Waals surface area contributed by atoms with E-state index in [1.165, 1.54) is 0 Å². The second-order valence-electron chi connectivity index (χ2n) is 5.75. The minimum atomic E-state index is -0.437. The average Bonchev–Trinajstić information content (AvgIpc) is 2.59. The number of aliphatic hydroxyl groups excluding tert-OH is 1. The smallest absolute Gasteiger partial charge is 0.315 e. The Bertz CT molecular complexity index is 644. The van der Waals surface area contributed by atoms with Gasteiger partial charge in [0.2, 0.25) is 0 Å². The van der Waals surface area contributed by atoms with Gasteiger partial charge in [-0.2, -0.15) is 0 Å². The van der Waals surface area contributed by atoms with Gasteiger partial charge in [0.15, 0.2) is 0 Å². The maximum atomic E-state index is 12.1. The molecule has 1 unspecified atom stereocenters. The molecule has 2 rings (SSSR count). The molecule has 0 radical (unpaired) electrons. The zero-order chi connectivity index (χ0) is 17.4. The fraction of sp³-hybridized carbons (Fsp3) is 0.316. The van der Waals surface area contributed by atoms with E-state index in [1.807, 2.05) is 68.4 Å². The largest absolute Gasteiger partial charge is 0.491 e. The van der Waals surface area contributed by atoms with Crippen molar-refractivity contribution in [3.63, 3.8) is 0 Å². The number of aliphatic hydroxyl groups is 1. The van der Waals surface area contributed by atoms with Crippen molar-refractivity contribution in [2.24, 2.45) is 0 Å². The summed E-state index contributed by atoms with van der Waals surface area (Å²) in [6.45, 7) is 4.11. The van der Waals surface area contributed by atoms with Crippen molar-refractivity contribution >= 4 is 6.03 Å². The van der Waals surface area contributed by atoms with Gasteiger partial charge in [-0.3, -0.25) is 0 Å². The molecule has 0 bridgehead atoms. The minimum absolute atomic E-state index is 0.0665. The first-order valence-corrected chi connectivity index (χ1v) is 8.05. The lowest BCUT2D eigenvalue weighted by Crippen LogP contribution is -2.39. The van der Waals surface area contributed by atoms with Crippen LogP contribution in [0.25, 0.3) is 0 Å². The Balaban J connectivity index is 1.93. The van der Waals surface area contributed by atoms with E-state index in [4.69, 9.17) is 4.74 Å². The molecule has 0 aliphatic rings. The van der Waals surface area contributed by atoms with Crippen LogP contribution in [0, 0.1) is 0 Å². The third-order valence-corrected chi connectivity index (χ3v) is 3.46. The molecule has 0 aliphatic heterocycles. The lowest BCUT2D eigenvalue weighted by atomic mass is 10.1. The van der Waals surface area contributed by atoms with Crippen molar-refractivity contribution in [3.8, 4) is 5.75 Å². The molecule has 2 aromatic carbocycles. The number of hydrogen-bond acceptors (Lipinski definition) is 3. The number of urea groups is 1. The fourth-order valence-electron chi connectivity index (χ4n) is 2.32. The molecule has 0 aliphatic carbocycles. The highest BCUT2D eigenvalue weighted by atomic mass is 16.5. The molecule has 128 valence electrons. The highest BCUT2D eigenvalue weighted by Gasteiger charge is 2.13. The van der Waals surface area contributed by atoms with Crippen molar-refractivity contribution < 1.29 is 14.6 Å². The zero-order valence-electron chi connectivity index (χ0n) is 14.0. The van der Waals surface area contributed by atoms with Crippen molar-refractivity contribution in [1.29, 1.82) is 0 Å². The van der Waals surface area contributed by atoms with Crippen molar-refractivity contribution in [1.82, 2.24) is 10.6 Å². The highest BCUT2D eigenvalue weighted by Crippen LogP contribution is 2.19. The van der Waals surface area contributed by atoms with E-state index in [-0.39, 0.29) is 18.7 Å². The van der Waals surface area contributed by atoms with Crippen LogP contribution in [0.3, 0.4) is 0 Å². The van der Waals surface area contributed by atoms with Gasteiger partial charge < -0.3 is 20.5 Å². The SMILES string of the molecule is CC(C)Oc1ccccc1CNC(=O)NC(CO)c1ccccc1. The summed E-state index contributed by atoms with van der Waals surface area (Å²) in [5.41, 5.74) is 1.76. The molecular formula is C19H24N2O3. The van der Waals surface area contributed by atoms with Gasteiger partial charge >= 0.3 is 6.03 Å². The van der Waals surface area contributed by atoms with Gasteiger partial charge in [-0.15, -0.1) is 0 Å². The summed E-state index contributed by atoms with van der Waals surface area (Å²) in [6.07, 6.45) is 0.0665. The number of carbonyl (C=O) groups excluding carboxylic acids is 1. The number of nitrogens with one attached hydrogen (secondary N) is 2. The van der Waals surface area contributed by atoms with E-state index in [0.717, 1.165) is 16.9 Å². The van der Waals surface area contributed by atoms with Crippen LogP contribution in [0.4, 0.5) is 4.79 Å². The number of benzene rings is 2. The quantitative estimate of drug-likeness (QED) is 0.732. The molecular weight excluding hydrogens is 304 g/mol. The predicted octanol–water partition coefficient (Wildman–Crippen LogP) is 3.01. The lowest BCUT2D eigenvalue weighted by molar-refractivity contribution is 0.216. The number of carbonyl (C=O) groups is 1. The van der Waals surface area contributed by atoms with Crippen LogP contribution in [0.1, 0.15) is 31.0 Å². The molecule has 3 N–H and O–H groups in total. The van der Waals surface area contributed by atoms with Gasteiger partial charge in [0.1, 0.15) is 5.75 Å². The Labute approximate surface area is 142 Å². The first-order chi connectivity index (χ1) is 11.6. The van der Waals surface area contributed by atoms with Gasteiger partial charge in [-0.1, -0.05) is 48.5 Å². The third kappa shape index (κ3) is 5.28. The maximum Gasteiger partial charge on any atom is 0.315 e. The molecule has 2 aromatic rings. The normalized spacial score (nSPS) is 11.8. The monoisotopic (exact) mass is 328 g/mol. The third-order valence-electron chi connectivity index (χ3n) is 3.46.